The minimum atomic E-state index is -0.140. The van der Waals surface area contributed by atoms with E-state index in [0.717, 1.165) is 54.8 Å². The van der Waals surface area contributed by atoms with Crippen molar-refractivity contribution in [2.75, 3.05) is 13.7 Å². The first-order valence-corrected chi connectivity index (χ1v) is 15.1. The molecule has 2 unspecified atom stereocenters. The summed E-state index contributed by atoms with van der Waals surface area (Å²) in [5.74, 6) is 2.64. The molecular formula is C35H42N4O3. The molecule has 6 rings (SSSR count). The third kappa shape index (κ3) is 5.37. The Bertz CT molecular complexity index is 1660. The molecule has 0 bridgehead atoms. The van der Waals surface area contributed by atoms with Gasteiger partial charge in [0.1, 0.15) is 0 Å². The quantitative estimate of drug-likeness (QED) is 0.207. The normalized spacial score (nSPS) is 18.7. The third-order valence-electron chi connectivity index (χ3n) is 8.85. The summed E-state index contributed by atoms with van der Waals surface area (Å²) in [7, 11) is 3.69. The fourth-order valence-corrected chi connectivity index (χ4v) is 7.22. The van der Waals surface area contributed by atoms with Crippen LogP contribution in [-0.2, 0) is 13.6 Å². The maximum Gasteiger partial charge on any atom is 0.168 e. The van der Waals surface area contributed by atoms with E-state index in [9.17, 15) is 4.79 Å². The van der Waals surface area contributed by atoms with Crippen LogP contribution < -0.4 is 9.47 Å². The SMILES string of the molecule is COc1cc2c(cc1OCC(C)(C)CC(C)(C)Cn1c(-c3cccn3C)nc3ccccc31)N=CC1CCCC1C2=O. The molecule has 2 atom stereocenters. The summed E-state index contributed by atoms with van der Waals surface area (Å²) >= 11 is 0. The molecule has 2 aromatic carbocycles. The van der Waals surface area contributed by atoms with E-state index >= 15 is 0 Å². The van der Waals surface area contributed by atoms with E-state index < -0.39 is 0 Å². The van der Waals surface area contributed by atoms with Crippen molar-refractivity contribution in [3.05, 3.63) is 60.3 Å². The predicted molar refractivity (Wildman–Crippen MR) is 168 cm³/mol. The number of Topliss-reactive ketones (excluding diaryl/α,β-unsaturated/α-hetero) is 1. The number of hydrogen-bond acceptors (Lipinski definition) is 5. The van der Waals surface area contributed by atoms with Gasteiger partial charge in [0.05, 0.1) is 36.1 Å². The number of imidazole rings is 1. The van der Waals surface area contributed by atoms with Crippen molar-refractivity contribution in [1.29, 1.82) is 0 Å². The minimum Gasteiger partial charge on any atom is -0.493 e. The van der Waals surface area contributed by atoms with Crippen molar-refractivity contribution in [2.24, 2.45) is 34.7 Å². The summed E-state index contributed by atoms with van der Waals surface area (Å²) in [6.45, 7) is 10.5. The highest BCUT2D eigenvalue weighted by molar-refractivity contribution is 6.06. The Morgan fingerprint density at radius 2 is 1.81 bits per heavy atom. The van der Waals surface area contributed by atoms with Crippen LogP contribution in [0.4, 0.5) is 5.69 Å². The van der Waals surface area contributed by atoms with Gasteiger partial charge in [0.15, 0.2) is 23.1 Å². The number of aryl methyl sites for hydroxylation is 1. The molecule has 0 amide bonds. The molecule has 42 heavy (non-hydrogen) atoms. The van der Waals surface area contributed by atoms with Crippen LogP contribution in [0.3, 0.4) is 0 Å². The summed E-state index contributed by atoms with van der Waals surface area (Å²) < 4.78 is 16.6. The number of benzene rings is 2. The first-order chi connectivity index (χ1) is 20.0. The van der Waals surface area contributed by atoms with Crippen LogP contribution in [0, 0.1) is 22.7 Å². The second-order valence-electron chi connectivity index (χ2n) is 13.7. The lowest BCUT2D eigenvalue weighted by Crippen LogP contribution is -2.31. The zero-order valence-corrected chi connectivity index (χ0v) is 25.7. The van der Waals surface area contributed by atoms with Crippen LogP contribution in [0.15, 0.2) is 59.7 Å². The molecule has 0 spiro atoms. The van der Waals surface area contributed by atoms with Gasteiger partial charge in [-0.1, -0.05) is 46.2 Å². The van der Waals surface area contributed by atoms with E-state index in [1.165, 1.54) is 0 Å². The Balaban J connectivity index is 1.21. The Hall–Kier alpha value is -3.87. The standard InChI is InChI=1S/C35H42N4O3/c1-34(2,21-39-28-14-8-7-13-26(28)37-33(39)29-15-10-16-38(29)5)20-35(3,4)22-42-31-18-27-25(17-30(31)41-6)32(40)24-12-9-11-23(24)19-36-27/h7-8,10,13-19,23-24H,9,11-12,20-22H2,1-6H3. The number of ketones is 1. The van der Waals surface area contributed by atoms with Gasteiger partial charge in [0.25, 0.3) is 0 Å². The first kappa shape index (κ1) is 28.3. The van der Waals surface area contributed by atoms with Crippen LogP contribution in [-0.4, -0.2) is 39.8 Å². The Morgan fingerprint density at radius 3 is 2.57 bits per heavy atom. The lowest BCUT2D eigenvalue weighted by Gasteiger charge is -2.35. The van der Waals surface area contributed by atoms with Gasteiger partial charge in [0, 0.05) is 49.5 Å². The second-order valence-corrected chi connectivity index (χ2v) is 13.7. The molecule has 0 saturated heterocycles. The average Bonchev–Trinajstić information content (AvgIpc) is 3.66. The summed E-state index contributed by atoms with van der Waals surface area (Å²) in [5, 5.41) is 0. The number of fused-ring (bicyclic) bond motifs is 3. The maximum absolute atomic E-state index is 13.3. The molecule has 1 aliphatic carbocycles. The Kier molecular flexibility index (Phi) is 7.24. The van der Waals surface area contributed by atoms with E-state index in [1.54, 1.807) is 7.11 Å². The highest BCUT2D eigenvalue weighted by atomic mass is 16.5. The molecule has 0 radical (unpaired) electrons. The zero-order chi connectivity index (χ0) is 29.6. The van der Waals surface area contributed by atoms with Crippen LogP contribution in [0.1, 0.15) is 63.7 Å². The van der Waals surface area contributed by atoms with Gasteiger partial charge >= 0.3 is 0 Å². The van der Waals surface area contributed by atoms with Crippen LogP contribution in [0.2, 0.25) is 0 Å². The van der Waals surface area contributed by atoms with E-state index in [0.29, 0.717) is 29.4 Å². The number of methoxy groups -OCH3 is 1. The molecule has 7 nitrogen and oxygen atoms in total. The number of ether oxygens (including phenoxy) is 2. The summed E-state index contributed by atoms with van der Waals surface area (Å²) in [5.41, 5.74) is 4.39. The van der Waals surface area contributed by atoms with Crippen molar-refractivity contribution in [3.8, 4) is 23.0 Å². The highest BCUT2D eigenvalue weighted by Gasteiger charge is 2.36. The largest absolute Gasteiger partial charge is 0.493 e. The van der Waals surface area contributed by atoms with E-state index in [2.05, 4.69) is 80.4 Å². The number of rotatable bonds is 9. The Morgan fingerprint density at radius 1 is 1.00 bits per heavy atom. The van der Waals surface area contributed by atoms with Crippen molar-refractivity contribution in [1.82, 2.24) is 14.1 Å². The predicted octanol–water partition coefficient (Wildman–Crippen LogP) is 7.89. The molecular weight excluding hydrogens is 524 g/mol. The number of carbonyl (C=O) groups excluding carboxylic acids is 1. The van der Waals surface area contributed by atoms with Crippen LogP contribution >= 0.6 is 0 Å². The number of hydrogen-bond donors (Lipinski definition) is 0. The van der Waals surface area contributed by atoms with Crippen molar-refractivity contribution in [2.45, 2.75) is 59.9 Å². The van der Waals surface area contributed by atoms with Gasteiger partial charge in [-0.05, 0) is 60.4 Å². The average molecular weight is 567 g/mol. The van der Waals surface area contributed by atoms with Crippen molar-refractivity contribution >= 4 is 28.7 Å². The minimum absolute atomic E-state index is 0.0300. The number of carbonyl (C=O) groups is 1. The van der Waals surface area contributed by atoms with E-state index in [1.807, 2.05) is 24.4 Å². The number of para-hydroxylation sites is 2. The van der Waals surface area contributed by atoms with Gasteiger partial charge in [0.2, 0.25) is 0 Å². The molecule has 3 heterocycles. The summed E-state index contributed by atoms with van der Waals surface area (Å²) in [4.78, 5) is 23.1. The molecule has 7 heteroatoms. The van der Waals surface area contributed by atoms with Crippen molar-refractivity contribution < 1.29 is 14.3 Å². The summed E-state index contributed by atoms with van der Waals surface area (Å²) in [6.07, 6.45) is 8.01. The Labute approximate surface area is 248 Å². The smallest absolute Gasteiger partial charge is 0.168 e. The fraction of sp³-hybridized carbons (Fsp3) is 0.457. The molecule has 2 aromatic heterocycles. The molecule has 0 N–H and O–H groups in total. The molecule has 4 aromatic rings. The van der Waals surface area contributed by atoms with E-state index in [-0.39, 0.29) is 28.4 Å². The van der Waals surface area contributed by atoms with Gasteiger partial charge in [-0.25, -0.2) is 4.98 Å². The third-order valence-corrected chi connectivity index (χ3v) is 8.85. The van der Waals surface area contributed by atoms with Gasteiger partial charge in [-0.2, -0.15) is 0 Å². The molecule has 1 aliphatic heterocycles. The van der Waals surface area contributed by atoms with Gasteiger partial charge < -0.3 is 18.6 Å². The van der Waals surface area contributed by atoms with Crippen LogP contribution in [0.5, 0.6) is 11.5 Å². The number of aliphatic imine (C=N–C) groups is 1. The monoisotopic (exact) mass is 566 g/mol. The fourth-order valence-electron chi connectivity index (χ4n) is 7.22. The highest BCUT2D eigenvalue weighted by Crippen LogP contribution is 2.43. The number of nitrogens with zero attached hydrogens (tertiary/aromatic N) is 4. The topological polar surface area (TPSA) is 70.6 Å². The molecule has 1 saturated carbocycles. The molecule has 1 fully saturated rings. The van der Waals surface area contributed by atoms with Gasteiger partial charge in [-0.3, -0.25) is 9.79 Å². The zero-order valence-electron chi connectivity index (χ0n) is 25.7. The van der Waals surface area contributed by atoms with Gasteiger partial charge in [-0.15, -0.1) is 0 Å². The van der Waals surface area contributed by atoms with Crippen molar-refractivity contribution in [3.63, 3.8) is 0 Å². The lowest BCUT2D eigenvalue weighted by atomic mass is 9.75. The second kappa shape index (κ2) is 10.8. The molecule has 220 valence electrons. The first-order valence-electron chi connectivity index (χ1n) is 15.1. The van der Waals surface area contributed by atoms with E-state index in [4.69, 9.17) is 19.5 Å². The number of aromatic nitrogens is 3. The summed E-state index contributed by atoms with van der Waals surface area (Å²) in [6, 6.07) is 16.3. The lowest BCUT2D eigenvalue weighted by molar-refractivity contribution is 0.0911. The molecule has 2 aliphatic rings. The maximum atomic E-state index is 13.3. The van der Waals surface area contributed by atoms with Crippen LogP contribution in [0.25, 0.3) is 22.6 Å².